The van der Waals surface area contributed by atoms with Crippen LogP contribution < -0.4 is 5.32 Å². The third-order valence-corrected chi connectivity index (χ3v) is 9.46. The highest BCUT2D eigenvalue weighted by molar-refractivity contribution is 7.93. The van der Waals surface area contributed by atoms with E-state index in [0.717, 1.165) is 11.3 Å². The highest BCUT2D eigenvalue weighted by Crippen LogP contribution is 2.40. The first kappa shape index (κ1) is 30.0. The van der Waals surface area contributed by atoms with E-state index < -0.39 is 32.6 Å². The molecular formula is C26H31N3O8S2. The van der Waals surface area contributed by atoms with Crippen LogP contribution in [-0.4, -0.2) is 49.7 Å². The summed E-state index contributed by atoms with van der Waals surface area (Å²) in [7, 11) is -2.18. The zero-order chi connectivity index (χ0) is 28.7. The van der Waals surface area contributed by atoms with Crippen LogP contribution in [0.1, 0.15) is 56.7 Å². The fraction of sp³-hybridized carbons (Fsp3) is 0.423. The zero-order valence-electron chi connectivity index (χ0n) is 22.2. The molecule has 0 spiro atoms. The smallest absolute Gasteiger partial charge is 0.336 e. The number of nitrogens with one attached hydrogen (secondary N) is 1. The van der Waals surface area contributed by atoms with Crippen molar-refractivity contribution in [2.75, 3.05) is 19.5 Å². The Balaban J connectivity index is 1.65. The molecule has 2 aromatic rings. The number of rotatable bonds is 12. The predicted octanol–water partition coefficient (Wildman–Crippen LogP) is 4.35. The molecule has 0 bridgehead atoms. The second-order valence-corrected chi connectivity index (χ2v) is 12.2. The lowest BCUT2D eigenvalue weighted by Gasteiger charge is -2.30. The zero-order valence-corrected chi connectivity index (χ0v) is 23.8. The van der Waals surface area contributed by atoms with E-state index in [1.54, 1.807) is 32.2 Å². The van der Waals surface area contributed by atoms with Crippen molar-refractivity contribution in [3.05, 3.63) is 73.6 Å². The Morgan fingerprint density at radius 3 is 2.36 bits per heavy atom. The van der Waals surface area contributed by atoms with Gasteiger partial charge in [0.05, 0.1) is 41.5 Å². The highest BCUT2D eigenvalue weighted by Gasteiger charge is 2.38. The number of hydrogen-bond acceptors (Lipinski definition) is 11. The van der Waals surface area contributed by atoms with Gasteiger partial charge in [-0.05, 0) is 39.2 Å². The first-order valence-electron chi connectivity index (χ1n) is 12.3. The Labute approximate surface area is 231 Å². The molecule has 0 saturated heterocycles. The summed E-state index contributed by atoms with van der Waals surface area (Å²) in [5.41, 5.74) is 2.13. The van der Waals surface area contributed by atoms with Crippen LogP contribution in [0.25, 0.3) is 0 Å². The number of non-ortho nitro benzene ring substituents is 1. The summed E-state index contributed by atoms with van der Waals surface area (Å²) in [5.74, 6) is -2.25. The van der Waals surface area contributed by atoms with Gasteiger partial charge in [-0.3, -0.25) is 10.1 Å². The third-order valence-electron chi connectivity index (χ3n) is 6.20. The fourth-order valence-electron chi connectivity index (χ4n) is 4.35. The molecule has 11 nitrogen and oxygen atoms in total. The Bertz CT molecular complexity index is 1430. The van der Waals surface area contributed by atoms with Gasteiger partial charge in [-0.15, -0.1) is 11.3 Å². The van der Waals surface area contributed by atoms with Crippen molar-refractivity contribution in [1.82, 2.24) is 10.3 Å². The maximum atomic E-state index is 13.2. The Hall–Kier alpha value is -3.58. The number of methoxy groups -OCH3 is 1. The van der Waals surface area contributed by atoms with Gasteiger partial charge in [0.25, 0.3) is 5.69 Å². The van der Waals surface area contributed by atoms with Gasteiger partial charge in [-0.25, -0.2) is 23.0 Å². The van der Waals surface area contributed by atoms with Gasteiger partial charge in [0, 0.05) is 34.6 Å². The van der Waals surface area contributed by atoms with Gasteiger partial charge < -0.3 is 14.8 Å². The number of esters is 2. The van der Waals surface area contributed by atoms with E-state index in [1.807, 2.05) is 0 Å². The molecule has 0 saturated carbocycles. The van der Waals surface area contributed by atoms with Crippen molar-refractivity contribution >= 4 is 38.8 Å². The Kier molecular flexibility index (Phi) is 9.97. The predicted molar refractivity (Wildman–Crippen MR) is 145 cm³/mol. The van der Waals surface area contributed by atoms with Gasteiger partial charge in [0.1, 0.15) is 0 Å². The van der Waals surface area contributed by atoms with Crippen LogP contribution in [-0.2, 0) is 28.9 Å². The Morgan fingerprint density at radius 1 is 1.08 bits per heavy atom. The van der Waals surface area contributed by atoms with Gasteiger partial charge in [-0.1, -0.05) is 25.0 Å². The molecule has 1 unspecified atom stereocenters. The van der Waals surface area contributed by atoms with Crippen molar-refractivity contribution in [3.8, 4) is 0 Å². The summed E-state index contributed by atoms with van der Waals surface area (Å²) in [4.78, 5) is 40.8. The normalized spacial score (nSPS) is 15.6. The first-order chi connectivity index (χ1) is 18.5. The van der Waals surface area contributed by atoms with Crippen molar-refractivity contribution in [3.63, 3.8) is 0 Å². The number of benzene rings is 1. The number of aryl methyl sites for hydroxylation is 1. The molecule has 1 aliphatic heterocycles. The highest BCUT2D eigenvalue weighted by atomic mass is 32.2. The summed E-state index contributed by atoms with van der Waals surface area (Å²) >= 11 is 1.12. The summed E-state index contributed by atoms with van der Waals surface area (Å²) in [6.07, 6.45) is 2.26. The molecule has 1 aromatic heterocycles. The number of dihydropyridines is 1. The van der Waals surface area contributed by atoms with E-state index in [4.69, 9.17) is 9.47 Å². The van der Waals surface area contributed by atoms with E-state index in [0.29, 0.717) is 48.3 Å². The number of nitro groups is 1. The topological polar surface area (TPSA) is 155 Å². The van der Waals surface area contributed by atoms with Crippen LogP contribution in [0.15, 0.2) is 56.5 Å². The van der Waals surface area contributed by atoms with Gasteiger partial charge in [-0.2, -0.15) is 0 Å². The lowest BCUT2D eigenvalue weighted by atomic mass is 9.80. The number of unbranched alkanes of at least 4 members (excludes halogenated alkanes) is 3. The standard InChI is InChI=1S/C26H31N3O8S2/c1-16-15-38-26(27-16)39(34,35)13-8-6-5-7-12-37-25(31)22-18(3)28-17(2)21(24(30)36-4)23(22)19-10-9-11-20(14-19)29(32)33/h9-11,14-15,23,28H,5-8,12-13H2,1-4H3. The van der Waals surface area contributed by atoms with Crippen LogP contribution in [0, 0.1) is 17.0 Å². The minimum absolute atomic E-state index is 0.00434. The van der Waals surface area contributed by atoms with Crippen LogP contribution in [0.5, 0.6) is 0 Å². The quantitative estimate of drug-likeness (QED) is 0.167. The van der Waals surface area contributed by atoms with Gasteiger partial charge in [0.15, 0.2) is 0 Å². The van der Waals surface area contributed by atoms with Crippen molar-refractivity contribution in [2.24, 2.45) is 0 Å². The average Bonchev–Trinajstić information content (AvgIpc) is 3.34. The fourth-order valence-corrected chi connectivity index (χ4v) is 6.89. The number of nitro benzene ring substituents is 1. The summed E-state index contributed by atoms with van der Waals surface area (Å²) in [5, 5.41) is 16.1. The number of thiazole rings is 1. The van der Waals surface area contributed by atoms with E-state index in [9.17, 15) is 28.1 Å². The molecule has 13 heteroatoms. The number of ether oxygens (including phenoxy) is 2. The summed E-state index contributed by atoms with van der Waals surface area (Å²) < 4.78 is 35.3. The maximum absolute atomic E-state index is 13.2. The number of hydrogen-bond donors (Lipinski definition) is 1. The van der Waals surface area contributed by atoms with Gasteiger partial charge >= 0.3 is 11.9 Å². The molecule has 0 radical (unpaired) electrons. The molecule has 210 valence electrons. The van der Waals surface area contributed by atoms with Crippen molar-refractivity contribution < 1.29 is 32.4 Å². The van der Waals surface area contributed by atoms with Crippen LogP contribution >= 0.6 is 11.3 Å². The second-order valence-electron chi connectivity index (χ2n) is 9.10. The number of nitrogens with zero attached hydrogens (tertiary/aromatic N) is 2. The molecule has 3 rings (SSSR count). The van der Waals surface area contributed by atoms with Gasteiger partial charge in [0.2, 0.25) is 14.2 Å². The van der Waals surface area contributed by atoms with Crippen LogP contribution in [0.2, 0.25) is 0 Å². The van der Waals surface area contributed by atoms with E-state index in [-0.39, 0.29) is 33.5 Å². The SMILES string of the molecule is COC(=O)C1=C(C)NC(C)=C(C(=O)OCCCCCCS(=O)(=O)c2nc(C)cs2)C1c1cccc([N+](=O)[O-])c1. The number of carbonyl (C=O) groups excluding carboxylic acids is 2. The third kappa shape index (κ3) is 7.30. The van der Waals surface area contributed by atoms with Crippen molar-refractivity contribution in [2.45, 2.75) is 56.7 Å². The molecule has 0 aliphatic carbocycles. The first-order valence-corrected chi connectivity index (χ1v) is 14.8. The molecule has 1 atom stereocenters. The largest absolute Gasteiger partial charge is 0.466 e. The molecule has 0 amide bonds. The van der Waals surface area contributed by atoms with Crippen LogP contribution in [0.3, 0.4) is 0 Å². The van der Waals surface area contributed by atoms with Crippen molar-refractivity contribution in [1.29, 1.82) is 0 Å². The number of allylic oxidation sites excluding steroid dienone is 2. The summed E-state index contributed by atoms with van der Waals surface area (Å²) in [6.45, 7) is 5.17. The monoisotopic (exact) mass is 577 g/mol. The molecular weight excluding hydrogens is 546 g/mol. The average molecular weight is 578 g/mol. The lowest BCUT2D eigenvalue weighted by molar-refractivity contribution is -0.384. The second kappa shape index (κ2) is 13.0. The molecule has 1 aromatic carbocycles. The summed E-state index contributed by atoms with van der Waals surface area (Å²) in [6, 6.07) is 5.76. The molecule has 2 heterocycles. The number of sulfone groups is 1. The minimum atomic E-state index is -3.40. The van der Waals surface area contributed by atoms with E-state index in [1.165, 1.54) is 25.3 Å². The molecule has 1 aliphatic rings. The molecule has 39 heavy (non-hydrogen) atoms. The van der Waals surface area contributed by atoms with Crippen LogP contribution in [0.4, 0.5) is 5.69 Å². The Morgan fingerprint density at radius 2 is 1.74 bits per heavy atom. The van der Waals surface area contributed by atoms with E-state index >= 15 is 0 Å². The minimum Gasteiger partial charge on any atom is -0.466 e. The number of aromatic nitrogens is 1. The van der Waals surface area contributed by atoms with E-state index in [2.05, 4.69) is 10.3 Å². The molecule has 0 fully saturated rings. The lowest BCUT2D eigenvalue weighted by Crippen LogP contribution is -2.32. The molecule has 1 N–H and O–H groups in total. The maximum Gasteiger partial charge on any atom is 0.336 e. The number of carbonyl (C=O) groups is 2.